The first-order chi connectivity index (χ1) is 15.8. The number of fused-ring (bicyclic) bond motifs is 4. The van der Waals surface area contributed by atoms with Crippen LogP contribution in [0.3, 0.4) is 0 Å². The van der Waals surface area contributed by atoms with Crippen molar-refractivity contribution in [2.75, 3.05) is 0 Å². The van der Waals surface area contributed by atoms with E-state index in [0.29, 0.717) is 38.0 Å². The van der Waals surface area contributed by atoms with Gasteiger partial charge in [0.1, 0.15) is 11.6 Å². The second kappa shape index (κ2) is 8.57. The topological polar surface area (TPSA) is 88.5 Å². The summed E-state index contributed by atoms with van der Waals surface area (Å²) in [4.78, 5) is 51.1. The Morgan fingerprint density at radius 1 is 1.15 bits per heavy atom. The van der Waals surface area contributed by atoms with Gasteiger partial charge in [-0.1, -0.05) is 45.4 Å². The summed E-state index contributed by atoms with van der Waals surface area (Å²) in [7, 11) is 0. The average molecular weight is 469 g/mol. The third kappa shape index (κ3) is 3.65. The Bertz CT molecular complexity index is 988. The van der Waals surface area contributed by atoms with Gasteiger partial charge in [0.2, 0.25) is 0 Å². The molecular weight excluding hydrogens is 428 g/mol. The molecule has 1 N–H and O–H groups in total. The Labute approximate surface area is 203 Å². The van der Waals surface area contributed by atoms with Gasteiger partial charge in [0, 0.05) is 30.8 Å². The van der Waals surface area contributed by atoms with Crippen molar-refractivity contribution in [1.82, 2.24) is 0 Å². The summed E-state index contributed by atoms with van der Waals surface area (Å²) in [5.74, 6) is -0.850. The molecule has 0 spiro atoms. The number of hydrogen-bond donors (Lipinski definition) is 1. The van der Waals surface area contributed by atoms with Crippen LogP contribution in [-0.2, 0) is 19.2 Å². The smallest absolute Gasteiger partial charge is 0.310 e. The van der Waals surface area contributed by atoms with Crippen LogP contribution in [0, 0.1) is 46.3 Å². The zero-order valence-electron chi connectivity index (χ0n) is 21.4. The normalized spacial score (nSPS) is 39.3. The molecule has 4 aliphatic carbocycles. The number of Topliss-reactive ketones (excluding diaryl/α,β-unsaturated/α-hetero) is 3. The van der Waals surface area contributed by atoms with Crippen LogP contribution in [0.1, 0.15) is 86.0 Å². The molecule has 3 saturated carbocycles. The van der Waals surface area contributed by atoms with Crippen molar-refractivity contribution < 1.29 is 24.3 Å². The minimum Gasteiger partial charge on any atom is -0.481 e. The van der Waals surface area contributed by atoms with Gasteiger partial charge < -0.3 is 5.11 Å². The molecule has 4 rings (SSSR count). The standard InChI is InChI=1S/C29H40O5/c1-15(17(3)27(33)34)7-8-16(2)19-9-10-20-25-23(31)13-21-18(4)22(30)11-12-28(21,5)26(25)24(32)14-29(19,20)6/h16-19,21,26H,1,7-14H2,2-6H3,(H,33,34)/t16-,17?,18+,19?,21?,26?,28?,29?/m1/s1. The van der Waals surface area contributed by atoms with Gasteiger partial charge in [0.25, 0.3) is 0 Å². The highest BCUT2D eigenvalue weighted by Crippen LogP contribution is 2.64. The minimum absolute atomic E-state index is 0.0396. The van der Waals surface area contributed by atoms with Crippen LogP contribution in [0.4, 0.5) is 0 Å². The lowest BCUT2D eigenvalue weighted by molar-refractivity contribution is -0.147. The van der Waals surface area contributed by atoms with Crippen LogP contribution >= 0.6 is 0 Å². The third-order valence-electron chi connectivity index (χ3n) is 10.5. The average Bonchev–Trinajstić information content (AvgIpc) is 3.11. The molecule has 4 aliphatic rings. The molecule has 0 aromatic heterocycles. The lowest BCUT2D eigenvalue weighted by Crippen LogP contribution is -2.56. The van der Waals surface area contributed by atoms with E-state index in [0.717, 1.165) is 30.4 Å². The number of carbonyl (C=O) groups excluding carboxylic acids is 3. The first-order valence-electron chi connectivity index (χ1n) is 13.1. The van der Waals surface area contributed by atoms with E-state index in [9.17, 15) is 24.3 Å². The van der Waals surface area contributed by atoms with Crippen LogP contribution in [0.25, 0.3) is 0 Å². The molecule has 0 amide bonds. The van der Waals surface area contributed by atoms with Gasteiger partial charge in [-0.05, 0) is 67.6 Å². The molecule has 8 atom stereocenters. The van der Waals surface area contributed by atoms with E-state index < -0.39 is 11.9 Å². The number of carboxylic acids is 1. The Kier molecular flexibility index (Phi) is 6.31. The summed E-state index contributed by atoms with van der Waals surface area (Å²) in [5.41, 5.74) is 2.13. The second-order valence-electron chi connectivity index (χ2n) is 12.3. The molecule has 34 heavy (non-hydrogen) atoms. The Hall–Kier alpha value is -2.04. The van der Waals surface area contributed by atoms with E-state index in [1.807, 2.05) is 6.92 Å². The van der Waals surface area contributed by atoms with Crippen molar-refractivity contribution in [3.8, 4) is 0 Å². The van der Waals surface area contributed by atoms with Gasteiger partial charge in [-0.2, -0.15) is 0 Å². The van der Waals surface area contributed by atoms with Crippen molar-refractivity contribution in [2.45, 2.75) is 86.0 Å². The summed E-state index contributed by atoms with van der Waals surface area (Å²) >= 11 is 0. The number of carboxylic acid groups (broad SMARTS) is 1. The fourth-order valence-corrected chi connectivity index (χ4v) is 8.23. The maximum absolute atomic E-state index is 13.8. The molecule has 5 nitrogen and oxygen atoms in total. The molecule has 0 heterocycles. The highest BCUT2D eigenvalue weighted by Gasteiger charge is 2.62. The number of aliphatic carboxylic acids is 1. The summed E-state index contributed by atoms with van der Waals surface area (Å²) in [5, 5.41) is 9.27. The maximum Gasteiger partial charge on any atom is 0.310 e. The van der Waals surface area contributed by atoms with E-state index in [-0.39, 0.29) is 51.9 Å². The molecule has 3 fully saturated rings. The fourth-order valence-electron chi connectivity index (χ4n) is 8.23. The molecular formula is C29H40O5. The van der Waals surface area contributed by atoms with E-state index in [1.54, 1.807) is 6.92 Å². The molecule has 0 bridgehead atoms. The predicted molar refractivity (Wildman–Crippen MR) is 130 cm³/mol. The first kappa shape index (κ1) is 25.1. The summed E-state index contributed by atoms with van der Waals surface area (Å²) in [6.45, 7) is 14.2. The van der Waals surface area contributed by atoms with Gasteiger partial charge in [0.05, 0.1) is 11.8 Å². The SMILES string of the molecule is C=C(CC[C@@H](C)C1CCC2=C3C(=O)CC4[C@H](C)C(=O)CCC4(C)C3C(=O)CC21C)C(C)C(=O)O. The second-order valence-corrected chi connectivity index (χ2v) is 12.3. The Balaban J connectivity index is 1.62. The number of allylic oxidation sites excluding steroid dienone is 2. The van der Waals surface area contributed by atoms with Crippen LogP contribution in [0.2, 0.25) is 0 Å². The predicted octanol–water partition coefficient (Wildman–Crippen LogP) is 5.58. The van der Waals surface area contributed by atoms with Gasteiger partial charge >= 0.3 is 5.97 Å². The highest BCUT2D eigenvalue weighted by molar-refractivity contribution is 6.07. The van der Waals surface area contributed by atoms with Crippen molar-refractivity contribution in [3.05, 3.63) is 23.3 Å². The lowest BCUT2D eigenvalue weighted by Gasteiger charge is -2.55. The zero-order valence-corrected chi connectivity index (χ0v) is 21.4. The molecule has 0 aliphatic heterocycles. The monoisotopic (exact) mass is 468 g/mol. The summed E-state index contributed by atoms with van der Waals surface area (Å²) < 4.78 is 0. The molecule has 5 heteroatoms. The number of hydrogen-bond acceptors (Lipinski definition) is 4. The highest BCUT2D eigenvalue weighted by atomic mass is 16.4. The van der Waals surface area contributed by atoms with Gasteiger partial charge in [-0.25, -0.2) is 0 Å². The largest absolute Gasteiger partial charge is 0.481 e. The van der Waals surface area contributed by atoms with E-state index in [1.165, 1.54) is 5.57 Å². The lowest BCUT2D eigenvalue weighted by atomic mass is 9.46. The summed E-state index contributed by atoms with van der Waals surface area (Å²) in [6, 6.07) is 0. The number of rotatable bonds is 6. The number of carbonyl (C=O) groups is 4. The van der Waals surface area contributed by atoms with Crippen LogP contribution in [0.5, 0.6) is 0 Å². The maximum atomic E-state index is 13.8. The molecule has 186 valence electrons. The molecule has 0 aromatic carbocycles. The zero-order chi connectivity index (χ0) is 25.2. The van der Waals surface area contributed by atoms with Crippen molar-refractivity contribution >= 4 is 23.3 Å². The van der Waals surface area contributed by atoms with Gasteiger partial charge in [-0.3, -0.25) is 19.2 Å². The molecule has 6 unspecified atom stereocenters. The molecule has 0 radical (unpaired) electrons. The third-order valence-corrected chi connectivity index (χ3v) is 10.5. The van der Waals surface area contributed by atoms with Gasteiger partial charge in [0.15, 0.2) is 5.78 Å². The Morgan fingerprint density at radius 3 is 2.47 bits per heavy atom. The van der Waals surface area contributed by atoms with Crippen molar-refractivity contribution in [3.63, 3.8) is 0 Å². The number of ketones is 3. The van der Waals surface area contributed by atoms with E-state index in [2.05, 4.69) is 27.4 Å². The summed E-state index contributed by atoms with van der Waals surface area (Å²) in [6.07, 6.45) is 5.37. The fraction of sp³-hybridized carbons (Fsp3) is 0.724. The Morgan fingerprint density at radius 2 is 1.82 bits per heavy atom. The van der Waals surface area contributed by atoms with Crippen LogP contribution in [0.15, 0.2) is 23.3 Å². The van der Waals surface area contributed by atoms with E-state index in [4.69, 9.17) is 0 Å². The molecule has 0 aromatic rings. The van der Waals surface area contributed by atoms with Crippen LogP contribution in [-0.4, -0.2) is 28.4 Å². The first-order valence-corrected chi connectivity index (χ1v) is 13.1. The van der Waals surface area contributed by atoms with E-state index >= 15 is 0 Å². The quantitative estimate of drug-likeness (QED) is 0.514. The van der Waals surface area contributed by atoms with Crippen molar-refractivity contribution in [1.29, 1.82) is 0 Å². The van der Waals surface area contributed by atoms with Crippen molar-refractivity contribution in [2.24, 2.45) is 46.3 Å². The van der Waals surface area contributed by atoms with Gasteiger partial charge in [-0.15, -0.1) is 0 Å². The molecule has 0 saturated heterocycles. The van der Waals surface area contributed by atoms with Crippen LogP contribution < -0.4 is 0 Å². The minimum atomic E-state index is -0.845.